The van der Waals surface area contributed by atoms with E-state index in [0.29, 0.717) is 23.7 Å². The third kappa shape index (κ3) is 10.4. The first-order chi connectivity index (χ1) is 30.0. The minimum Gasteiger partial charge on any atom is -0.478 e. The average Bonchev–Trinajstić information content (AvgIpc) is 3.95. The van der Waals surface area contributed by atoms with Gasteiger partial charge >= 0.3 is 11.9 Å². The number of hydrogen-bond acceptors (Lipinski definition) is 9. The quantitative estimate of drug-likeness (QED) is 0.118. The number of carboxylic acid groups (broad SMARTS) is 1. The molecule has 0 spiro atoms. The Labute approximate surface area is 371 Å². The molecule has 0 unspecified atom stereocenters. The Morgan fingerprint density at radius 1 is 0.619 bits per heavy atom. The zero-order valence-electron chi connectivity index (χ0n) is 36.5. The first-order valence-electron chi connectivity index (χ1n) is 21.5. The number of ether oxygens (including phenoxy) is 1. The van der Waals surface area contributed by atoms with Gasteiger partial charge in [0.2, 0.25) is 0 Å². The molecule has 2 heterocycles. The number of sulfone groups is 2. The van der Waals surface area contributed by atoms with Crippen LogP contribution in [0.15, 0.2) is 131 Å². The van der Waals surface area contributed by atoms with Gasteiger partial charge in [-0.05, 0) is 118 Å². The number of carboxylic acids is 1. The van der Waals surface area contributed by atoms with Crippen molar-refractivity contribution in [2.45, 2.75) is 61.2 Å². The van der Waals surface area contributed by atoms with Crippen LogP contribution in [0.2, 0.25) is 0 Å². The maximum atomic E-state index is 12.2. The van der Waals surface area contributed by atoms with Crippen LogP contribution >= 0.6 is 0 Å². The Morgan fingerprint density at radius 3 is 1.46 bits per heavy atom. The number of nitrogens with zero attached hydrogens (tertiary/aromatic N) is 2. The number of carbonyl (C=O) groups is 2. The summed E-state index contributed by atoms with van der Waals surface area (Å²) in [6.07, 6.45) is 6.37. The van der Waals surface area contributed by atoms with Crippen LogP contribution in [0.5, 0.6) is 0 Å². The molecule has 63 heavy (non-hydrogen) atoms. The van der Waals surface area contributed by atoms with Crippen molar-refractivity contribution < 1.29 is 36.3 Å². The summed E-state index contributed by atoms with van der Waals surface area (Å²) >= 11 is 0. The number of anilines is 2. The van der Waals surface area contributed by atoms with Gasteiger partial charge in [-0.15, -0.1) is 0 Å². The van der Waals surface area contributed by atoms with E-state index in [0.717, 1.165) is 75.7 Å². The summed E-state index contributed by atoms with van der Waals surface area (Å²) in [5.74, 6) is 0.0229. The summed E-state index contributed by atoms with van der Waals surface area (Å²) in [7, 11) is -5.85. The fourth-order valence-electron chi connectivity index (χ4n) is 9.65. The number of aromatic carboxylic acids is 1. The van der Waals surface area contributed by atoms with Crippen LogP contribution in [0.1, 0.15) is 83.2 Å². The number of carbonyl (C=O) groups excluding carboxylic acids is 1. The number of rotatable bonds is 12. The van der Waals surface area contributed by atoms with Gasteiger partial charge in [0, 0.05) is 50.1 Å². The van der Waals surface area contributed by atoms with Crippen molar-refractivity contribution >= 4 is 64.5 Å². The largest absolute Gasteiger partial charge is 0.478 e. The summed E-state index contributed by atoms with van der Waals surface area (Å²) in [5.41, 5.74) is 4.31. The van der Waals surface area contributed by atoms with E-state index in [2.05, 4.69) is 109 Å². The lowest BCUT2D eigenvalue weighted by Gasteiger charge is -2.22. The molecule has 2 saturated heterocycles. The van der Waals surface area contributed by atoms with E-state index >= 15 is 0 Å². The number of benzene rings is 6. The number of esters is 1. The summed E-state index contributed by atoms with van der Waals surface area (Å²) in [6.45, 7) is 8.00. The van der Waals surface area contributed by atoms with Gasteiger partial charge in [0.1, 0.15) is 0 Å². The van der Waals surface area contributed by atoms with Gasteiger partial charge < -0.3 is 19.6 Å². The van der Waals surface area contributed by atoms with Crippen LogP contribution in [-0.2, 0) is 24.4 Å². The number of hydrogen-bond donors (Lipinski definition) is 1. The van der Waals surface area contributed by atoms with E-state index in [1.54, 1.807) is 18.2 Å². The monoisotopic (exact) mass is 888 g/mol. The normalized spacial score (nSPS) is 17.6. The second-order valence-electron chi connectivity index (χ2n) is 17.3. The molecule has 0 aliphatic carbocycles. The molecule has 0 amide bonds. The molecule has 0 saturated carbocycles. The van der Waals surface area contributed by atoms with Crippen LogP contribution in [0.25, 0.3) is 21.5 Å². The van der Waals surface area contributed by atoms with E-state index in [9.17, 15) is 31.5 Å². The van der Waals surface area contributed by atoms with E-state index in [-0.39, 0.29) is 20.9 Å². The second-order valence-corrected chi connectivity index (χ2v) is 21.3. The lowest BCUT2D eigenvalue weighted by molar-refractivity contribution is 0.0595. The molecule has 6 aromatic carbocycles. The third-order valence-corrected chi connectivity index (χ3v) is 15.1. The Kier molecular flexibility index (Phi) is 13.6. The summed E-state index contributed by atoms with van der Waals surface area (Å²) in [4.78, 5) is 28.1. The van der Waals surface area contributed by atoms with Gasteiger partial charge in [-0.25, -0.2) is 26.4 Å². The molecule has 0 bridgehead atoms. The zero-order valence-corrected chi connectivity index (χ0v) is 38.2. The number of methoxy groups -OCH3 is 1. The standard InChI is InChI=1S/C26H29NO4S.C25H27NO4S/c1-18(22-10-6-8-20-7-4-5-9-23(20)22)15-19-13-14-27(17-19)21-11-12-25(32(3,29)30)24(16-21)26(28)31-2;1-17(21-9-5-7-19-6-3-4-8-22(19)21)14-18-12-13-26(16-18)20-10-11-24(31(2,29)30)23(15-20)25(27)28/h4-12,16,18-19H,13-15,17H2,1-3H3;3-11,15,17-18H,12-14,16H2,1-2H3,(H,27,28)/t18-,19+;17-,18+/m00/s1. The highest BCUT2D eigenvalue weighted by atomic mass is 32.2. The average molecular weight is 889 g/mol. The summed E-state index contributed by atoms with van der Waals surface area (Å²) in [6, 6.07) is 39.6. The molecule has 0 aromatic heterocycles. The van der Waals surface area contributed by atoms with Crippen LogP contribution < -0.4 is 9.80 Å². The first kappa shape index (κ1) is 45.3. The Bertz CT molecular complexity index is 2870. The fraction of sp³-hybridized carbons (Fsp3) is 0.333. The van der Waals surface area contributed by atoms with Crippen molar-refractivity contribution in [1.29, 1.82) is 0 Å². The molecule has 4 atom stereocenters. The third-order valence-electron chi connectivity index (χ3n) is 12.7. The highest BCUT2D eigenvalue weighted by Crippen LogP contribution is 2.37. The molecule has 12 heteroatoms. The molecule has 330 valence electrons. The van der Waals surface area contributed by atoms with E-state index in [1.807, 2.05) is 0 Å². The lowest BCUT2D eigenvalue weighted by atomic mass is 9.87. The Morgan fingerprint density at radius 2 is 1.03 bits per heavy atom. The van der Waals surface area contributed by atoms with Crippen molar-refractivity contribution in [2.24, 2.45) is 11.8 Å². The predicted molar refractivity (Wildman–Crippen MR) is 252 cm³/mol. The summed E-state index contributed by atoms with van der Waals surface area (Å²) in [5, 5.41) is 14.6. The van der Waals surface area contributed by atoms with Crippen molar-refractivity contribution in [3.63, 3.8) is 0 Å². The number of fused-ring (bicyclic) bond motifs is 2. The van der Waals surface area contributed by atoms with Crippen molar-refractivity contribution in [2.75, 3.05) is 55.6 Å². The molecular formula is C51H56N2O8S2. The smallest absolute Gasteiger partial charge is 0.339 e. The van der Waals surface area contributed by atoms with Gasteiger partial charge in [-0.3, -0.25) is 0 Å². The first-order valence-corrected chi connectivity index (χ1v) is 25.2. The molecule has 1 N–H and O–H groups in total. The molecule has 10 nitrogen and oxygen atoms in total. The Balaban J connectivity index is 0.000000189. The topological polar surface area (TPSA) is 138 Å². The van der Waals surface area contributed by atoms with Crippen LogP contribution in [-0.4, -0.2) is 79.7 Å². The maximum Gasteiger partial charge on any atom is 0.339 e. The fourth-order valence-corrected chi connectivity index (χ4v) is 11.4. The molecular weight excluding hydrogens is 833 g/mol. The van der Waals surface area contributed by atoms with Gasteiger partial charge in [0.25, 0.3) is 0 Å². The molecule has 0 radical (unpaired) electrons. The van der Waals surface area contributed by atoms with Gasteiger partial charge in [0.05, 0.1) is 28.0 Å². The van der Waals surface area contributed by atoms with Crippen molar-refractivity contribution in [3.8, 4) is 0 Å². The van der Waals surface area contributed by atoms with E-state index in [1.165, 1.54) is 58.0 Å². The minimum atomic E-state index is -3.59. The second kappa shape index (κ2) is 18.9. The molecule has 2 aliphatic heterocycles. The van der Waals surface area contributed by atoms with Crippen LogP contribution in [0.3, 0.4) is 0 Å². The molecule has 6 aromatic rings. The van der Waals surface area contributed by atoms with Crippen molar-refractivity contribution in [3.05, 3.63) is 144 Å². The molecule has 2 aliphatic rings. The molecule has 8 rings (SSSR count). The minimum absolute atomic E-state index is 0.00780. The van der Waals surface area contributed by atoms with Crippen LogP contribution in [0, 0.1) is 11.8 Å². The van der Waals surface area contributed by atoms with Crippen molar-refractivity contribution in [1.82, 2.24) is 0 Å². The molecule has 2 fully saturated rings. The maximum absolute atomic E-state index is 12.2. The van der Waals surface area contributed by atoms with Gasteiger partial charge in [-0.1, -0.05) is 98.8 Å². The van der Waals surface area contributed by atoms with Crippen LogP contribution in [0.4, 0.5) is 11.4 Å². The summed E-state index contributed by atoms with van der Waals surface area (Å²) < 4.78 is 52.8. The van der Waals surface area contributed by atoms with E-state index in [4.69, 9.17) is 4.74 Å². The lowest BCUT2D eigenvalue weighted by Crippen LogP contribution is -2.21. The SMILES string of the molecule is COC(=O)c1cc(N2CC[C@H](C[C@H](C)c3cccc4ccccc34)C2)ccc1S(C)(=O)=O.C[C@@H](C[C@H]1CCN(c2ccc(S(C)(=O)=O)c(C(=O)O)c2)C1)c1cccc2ccccc12. The van der Waals surface area contributed by atoms with Gasteiger partial charge in [-0.2, -0.15) is 0 Å². The zero-order chi connectivity index (χ0) is 45.1. The highest BCUT2D eigenvalue weighted by molar-refractivity contribution is 7.91. The predicted octanol–water partition coefficient (Wildman–Crippen LogP) is 10.0. The highest BCUT2D eigenvalue weighted by Gasteiger charge is 2.29. The van der Waals surface area contributed by atoms with Gasteiger partial charge in [0.15, 0.2) is 19.7 Å². The van der Waals surface area contributed by atoms with E-state index < -0.39 is 31.6 Å². The Hall–Kier alpha value is -5.72.